The number of unbranched alkanes of at least 4 members (excludes halogenated alkanes) is 10. The van der Waals surface area contributed by atoms with Crippen molar-refractivity contribution in [2.75, 3.05) is 0 Å². The third kappa shape index (κ3) is 11.9. The van der Waals surface area contributed by atoms with E-state index in [0.717, 1.165) is 94.5 Å². The fourth-order valence-corrected chi connectivity index (χ4v) is 17.2. The lowest BCUT2D eigenvalue weighted by Crippen LogP contribution is -1.93. The molecule has 390 valence electrons. The molecule has 0 unspecified atom stereocenters. The van der Waals surface area contributed by atoms with Gasteiger partial charge in [-0.05, 0) is 173 Å². The van der Waals surface area contributed by atoms with Gasteiger partial charge in [0, 0.05) is 103 Å². The van der Waals surface area contributed by atoms with E-state index in [4.69, 9.17) is 9.97 Å². The van der Waals surface area contributed by atoms with E-state index in [0.29, 0.717) is 0 Å². The van der Waals surface area contributed by atoms with Crippen molar-refractivity contribution in [1.82, 2.24) is 19.9 Å². The SMILES string of the molecule is CCCCCCc1ccc(-c2ccc(-c3ccc(-c4c5nc(c(CCCCC)c6ccc([nH]6)c(-c6ccc(-c7ccc(-c8ccc(CCCCCC)s8)s7)s6)c6nc(c(CCCCC)c7ccc4[nH]7)C=C6)C=C5)s3)s2)s1. The molecule has 76 heavy (non-hydrogen) atoms. The quantitative estimate of drug-likeness (QED) is 0.0593. The molecule has 2 aliphatic rings. The highest BCUT2D eigenvalue weighted by Crippen LogP contribution is 2.46. The largest absolute Gasteiger partial charge is 0.355 e. The summed E-state index contributed by atoms with van der Waals surface area (Å²) in [5.74, 6) is 0. The van der Waals surface area contributed by atoms with Crippen molar-refractivity contribution in [3.8, 4) is 59.9 Å². The van der Waals surface area contributed by atoms with Crippen molar-refractivity contribution in [3.05, 3.63) is 141 Å². The zero-order valence-electron chi connectivity index (χ0n) is 44.6. The fraction of sp³-hybridized carbons (Fsp3) is 0.333. The van der Waals surface area contributed by atoms with Gasteiger partial charge in [0.25, 0.3) is 0 Å². The molecule has 0 fully saturated rings. The number of rotatable bonds is 24. The van der Waals surface area contributed by atoms with E-state index in [9.17, 15) is 0 Å². The Labute approximate surface area is 474 Å². The molecule has 11 rings (SSSR count). The number of aromatic amines is 2. The molecule has 0 amide bonds. The predicted molar refractivity (Wildman–Crippen MR) is 341 cm³/mol. The monoisotopic (exact) mass is 1110 g/mol. The van der Waals surface area contributed by atoms with Crippen molar-refractivity contribution >= 4 is 114 Å². The number of nitrogens with zero attached hydrogens (tertiary/aromatic N) is 2. The van der Waals surface area contributed by atoms with Crippen molar-refractivity contribution < 1.29 is 0 Å². The third-order valence-electron chi connectivity index (χ3n) is 14.8. The van der Waals surface area contributed by atoms with E-state index in [1.54, 1.807) is 0 Å². The summed E-state index contributed by atoms with van der Waals surface area (Å²) in [6.45, 7) is 9.15. The maximum Gasteiger partial charge on any atom is 0.0745 e. The van der Waals surface area contributed by atoms with Crippen LogP contribution in [0.5, 0.6) is 0 Å². The highest BCUT2D eigenvalue weighted by molar-refractivity contribution is 7.28. The van der Waals surface area contributed by atoms with Crippen LogP contribution in [-0.2, 0) is 25.7 Å². The first-order chi connectivity index (χ1) is 37.5. The number of hydrogen-bond acceptors (Lipinski definition) is 8. The molecule has 0 spiro atoms. The van der Waals surface area contributed by atoms with Gasteiger partial charge in [0.1, 0.15) is 0 Å². The molecule has 2 N–H and O–H groups in total. The summed E-state index contributed by atoms with van der Waals surface area (Å²) in [6, 6.07) is 37.1. The third-order valence-corrected chi connectivity index (χ3v) is 22.2. The topological polar surface area (TPSA) is 57.4 Å². The van der Waals surface area contributed by atoms with Gasteiger partial charge in [0.05, 0.1) is 22.8 Å². The summed E-state index contributed by atoms with van der Waals surface area (Å²) in [6.07, 6.45) is 30.6. The van der Waals surface area contributed by atoms with Gasteiger partial charge in [0.15, 0.2) is 0 Å². The van der Waals surface area contributed by atoms with Crippen LogP contribution in [0.2, 0.25) is 0 Å². The second kappa shape index (κ2) is 25.1. The van der Waals surface area contributed by atoms with Crippen LogP contribution >= 0.6 is 68.0 Å². The van der Waals surface area contributed by atoms with Gasteiger partial charge in [-0.15, -0.1) is 68.0 Å². The van der Waals surface area contributed by atoms with E-state index in [2.05, 4.69) is 159 Å². The van der Waals surface area contributed by atoms with Gasteiger partial charge in [-0.3, -0.25) is 0 Å². The molecule has 10 heteroatoms. The van der Waals surface area contributed by atoms with Crippen molar-refractivity contribution in [1.29, 1.82) is 0 Å². The van der Waals surface area contributed by atoms with Crippen LogP contribution in [0.1, 0.15) is 161 Å². The minimum atomic E-state index is 0.944. The Morgan fingerprint density at radius 1 is 0.289 bits per heavy atom. The minimum Gasteiger partial charge on any atom is -0.355 e. The smallest absolute Gasteiger partial charge is 0.0745 e. The molecule has 0 saturated heterocycles. The number of aryl methyl sites for hydroxylation is 4. The molecular formula is C66H70N4S6. The number of nitrogens with one attached hydrogen (secondary N) is 2. The summed E-state index contributed by atoms with van der Waals surface area (Å²) in [7, 11) is 0. The van der Waals surface area contributed by atoms with E-state index in [1.165, 1.54) is 147 Å². The van der Waals surface area contributed by atoms with Crippen LogP contribution in [0.25, 0.3) is 106 Å². The van der Waals surface area contributed by atoms with E-state index in [1.807, 2.05) is 68.0 Å². The van der Waals surface area contributed by atoms with Crippen LogP contribution in [0.15, 0.2) is 97.1 Å². The molecule has 9 aromatic rings. The first-order valence-electron chi connectivity index (χ1n) is 28.2. The first-order valence-corrected chi connectivity index (χ1v) is 33.1. The van der Waals surface area contributed by atoms with Crippen molar-refractivity contribution in [2.24, 2.45) is 0 Å². The van der Waals surface area contributed by atoms with Crippen LogP contribution < -0.4 is 0 Å². The lowest BCUT2D eigenvalue weighted by Gasteiger charge is -2.05. The molecule has 0 radical (unpaired) electrons. The predicted octanol–water partition coefficient (Wildman–Crippen LogP) is 22.7. The zero-order valence-corrected chi connectivity index (χ0v) is 49.5. The van der Waals surface area contributed by atoms with E-state index >= 15 is 0 Å². The molecule has 0 aromatic carbocycles. The van der Waals surface area contributed by atoms with Crippen LogP contribution in [0, 0.1) is 0 Å². The van der Waals surface area contributed by atoms with Gasteiger partial charge < -0.3 is 9.97 Å². The molecule has 11 heterocycles. The molecule has 9 aromatic heterocycles. The summed E-state index contributed by atoms with van der Waals surface area (Å²) < 4.78 is 0. The molecular weight excluding hydrogens is 1040 g/mol. The Hall–Kier alpha value is -5.20. The van der Waals surface area contributed by atoms with E-state index < -0.39 is 0 Å². The lowest BCUT2D eigenvalue weighted by atomic mass is 10.1. The zero-order chi connectivity index (χ0) is 51.8. The Morgan fingerprint density at radius 3 is 0.987 bits per heavy atom. The first kappa shape index (κ1) is 52.8. The van der Waals surface area contributed by atoms with Gasteiger partial charge in [0.2, 0.25) is 0 Å². The lowest BCUT2D eigenvalue weighted by molar-refractivity contribution is 0.670. The summed E-state index contributed by atoms with van der Waals surface area (Å²) >= 11 is 11.5. The van der Waals surface area contributed by atoms with Crippen molar-refractivity contribution in [2.45, 2.75) is 143 Å². The second-order valence-corrected chi connectivity index (χ2v) is 27.1. The Kier molecular flexibility index (Phi) is 17.4. The average Bonchev–Trinajstić information content (AvgIpc) is 4.34. The van der Waals surface area contributed by atoms with Gasteiger partial charge >= 0.3 is 0 Å². The molecule has 0 aliphatic carbocycles. The normalized spacial score (nSPS) is 12.3. The van der Waals surface area contributed by atoms with Crippen LogP contribution in [0.3, 0.4) is 0 Å². The molecule has 8 bridgehead atoms. The minimum absolute atomic E-state index is 0.944. The number of hydrogen-bond donors (Lipinski definition) is 2. The summed E-state index contributed by atoms with van der Waals surface area (Å²) in [5.41, 5.74) is 13.3. The van der Waals surface area contributed by atoms with Crippen LogP contribution in [0.4, 0.5) is 0 Å². The Balaban J connectivity index is 1.00. The Morgan fingerprint density at radius 2 is 0.592 bits per heavy atom. The molecule has 0 saturated carbocycles. The van der Waals surface area contributed by atoms with E-state index in [-0.39, 0.29) is 0 Å². The summed E-state index contributed by atoms with van der Waals surface area (Å²) in [5, 5.41) is 0. The molecule has 0 atom stereocenters. The fourth-order valence-electron chi connectivity index (χ4n) is 10.6. The summed E-state index contributed by atoms with van der Waals surface area (Å²) in [4.78, 5) is 35.3. The molecule has 2 aliphatic heterocycles. The number of thiophene rings is 6. The molecule has 4 nitrogen and oxygen atoms in total. The average molecular weight is 1110 g/mol. The standard InChI is InChI=1S/C66H70N4S6/c1-5-9-13-17-19-43-23-33-55(71-43)57-35-37-59(73-57)61-39-41-63(75-61)65-51-29-25-47(67-51)45(21-15-11-7-3)49-27-31-53(69-49)66(54-32-28-50(70-54)46(22-16-12-8-4)48-26-30-52(65)68-48)64-42-40-62(76-64)60-38-36-58(74-60)56-34-24-44(72-56)20-18-14-10-6-2/h23-42,67,70H,5-22H2,1-4H3. The number of aromatic nitrogens is 4. The second-order valence-electron chi connectivity index (χ2n) is 20.4. The van der Waals surface area contributed by atoms with Gasteiger partial charge in [-0.1, -0.05) is 91.9 Å². The Bertz CT molecular complexity index is 3400. The maximum absolute atomic E-state index is 5.61. The number of H-pyrrole nitrogens is 2. The highest BCUT2D eigenvalue weighted by Gasteiger charge is 2.21. The van der Waals surface area contributed by atoms with Gasteiger partial charge in [-0.25, -0.2) is 9.97 Å². The van der Waals surface area contributed by atoms with Gasteiger partial charge in [-0.2, -0.15) is 0 Å². The highest BCUT2D eigenvalue weighted by atomic mass is 32.1. The maximum atomic E-state index is 5.61. The number of fused-ring (bicyclic) bond motifs is 8. The van der Waals surface area contributed by atoms with Crippen molar-refractivity contribution in [3.63, 3.8) is 0 Å². The van der Waals surface area contributed by atoms with Crippen LogP contribution in [-0.4, -0.2) is 19.9 Å².